The van der Waals surface area contributed by atoms with E-state index in [1.165, 1.54) is 28.8 Å². The summed E-state index contributed by atoms with van der Waals surface area (Å²) in [5, 5.41) is 9.18. The fraction of sp³-hybridized carbons (Fsp3) is 0.200. The molecule has 0 aliphatic carbocycles. The molecule has 0 amide bonds. The normalized spacial score (nSPS) is 18.7. The van der Waals surface area contributed by atoms with Gasteiger partial charge in [-0.15, -0.1) is 0 Å². The van der Waals surface area contributed by atoms with Gasteiger partial charge in [0.25, 0.3) is 0 Å². The number of fused-ring (bicyclic) bond motifs is 1. The second-order valence-corrected chi connectivity index (χ2v) is 7.38. The lowest BCUT2D eigenvalue weighted by Crippen LogP contribution is -2.63. The van der Waals surface area contributed by atoms with Crippen LogP contribution in [0.25, 0.3) is 16.6 Å². The molecule has 1 fully saturated rings. The number of aromatic carboxylic acids is 1. The van der Waals surface area contributed by atoms with Crippen LogP contribution in [-0.2, 0) is 0 Å². The minimum Gasteiger partial charge on any atom is -0.477 e. The summed E-state index contributed by atoms with van der Waals surface area (Å²) in [5.41, 5.74) is 5.10. The topological polar surface area (TPSA) is 88.6 Å². The molecule has 2 atom stereocenters. The molecule has 9 heteroatoms. The maximum absolute atomic E-state index is 14.9. The van der Waals surface area contributed by atoms with Crippen molar-refractivity contribution < 1.29 is 18.7 Å². The van der Waals surface area contributed by atoms with Crippen molar-refractivity contribution in [3.05, 3.63) is 69.0 Å². The first kappa shape index (κ1) is 19.4. The van der Waals surface area contributed by atoms with E-state index >= 15 is 0 Å². The molecule has 150 valence electrons. The predicted molar refractivity (Wildman–Crippen MR) is 106 cm³/mol. The average molecular weight is 420 g/mol. The molecule has 3 aromatic rings. The summed E-state index contributed by atoms with van der Waals surface area (Å²) in [7, 11) is 0. The molecule has 0 saturated carbocycles. The standard InChI is InChI=1S/C20H16ClF2N3O3/c1-9-15(24)8-25(9)18-14(23)6-12-17(16(18)21)26(7-13(19(12)27)20(28)29)11-4-2-10(22)3-5-11/h2-7,9,15H,8,24H2,1H3,(H,28,29)/t9-,15+/m0/s1. The third kappa shape index (κ3) is 2.95. The van der Waals surface area contributed by atoms with Crippen LogP contribution >= 0.6 is 11.6 Å². The van der Waals surface area contributed by atoms with Gasteiger partial charge in [0.1, 0.15) is 17.2 Å². The zero-order chi connectivity index (χ0) is 21.0. The minimum absolute atomic E-state index is 0.0443. The van der Waals surface area contributed by atoms with Crippen LogP contribution in [0.4, 0.5) is 14.5 Å². The van der Waals surface area contributed by atoms with E-state index in [9.17, 15) is 23.5 Å². The van der Waals surface area contributed by atoms with Crippen LogP contribution in [0.1, 0.15) is 17.3 Å². The maximum atomic E-state index is 14.9. The van der Waals surface area contributed by atoms with Crippen molar-refractivity contribution in [3.63, 3.8) is 0 Å². The quantitative estimate of drug-likeness (QED) is 0.680. The Morgan fingerprint density at radius 1 is 1.28 bits per heavy atom. The molecule has 0 radical (unpaired) electrons. The first-order valence-corrected chi connectivity index (χ1v) is 9.17. The third-order valence-electron chi connectivity index (χ3n) is 5.30. The number of rotatable bonds is 3. The highest BCUT2D eigenvalue weighted by molar-refractivity contribution is 6.38. The number of carbonyl (C=O) groups is 1. The molecule has 0 unspecified atom stereocenters. The Bertz CT molecular complexity index is 1210. The van der Waals surface area contributed by atoms with Crippen molar-refractivity contribution in [1.29, 1.82) is 0 Å². The first-order chi connectivity index (χ1) is 13.7. The molecule has 4 rings (SSSR count). The number of carboxylic acid groups (broad SMARTS) is 1. The van der Waals surface area contributed by atoms with E-state index in [2.05, 4.69) is 0 Å². The summed E-state index contributed by atoms with van der Waals surface area (Å²) >= 11 is 6.55. The number of nitrogens with zero attached hydrogens (tertiary/aromatic N) is 2. The van der Waals surface area contributed by atoms with Crippen LogP contribution in [0.2, 0.25) is 5.02 Å². The van der Waals surface area contributed by atoms with Gasteiger partial charge in [0, 0.05) is 30.5 Å². The van der Waals surface area contributed by atoms with Crippen LogP contribution in [0, 0.1) is 11.6 Å². The summed E-state index contributed by atoms with van der Waals surface area (Å²) in [5.74, 6) is -2.69. The summed E-state index contributed by atoms with van der Waals surface area (Å²) in [6.07, 6.45) is 1.11. The van der Waals surface area contributed by atoms with Gasteiger partial charge in [-0.05, 0) is 37.3 Å². The Hall–Kier alpha value is -2.97. The second-order valence-electron chi connectivity index (χ2n) is 7.00. The number of carboxylic acids is 1. The smallest absolute Gasteiger partial charge is 0.341 e. The van der Waals surface area contributed by atoms with E-state index in [-0.39, 0.29) is 33.7 Å². The number of hydrogen-bond acceptors (Lipinski definition) is 4. The molecule has 1 aliphatic rings. The van der Waals surface area contributed by atoms with E-state index in [4.69, 9.17) is 17.3 Å². The number of hydrogen-bond donors (Lipinski definition) is 2. The number of nitrogens with two attached hydrogens (primary N) is 1. The highest BCUT2D eigenvalue weighted by atomic mass is 35.5. The first-order valence-electron chi connectivity index (χ1n) is 8.79. The summed E-state index contributed by atoms with van der Waals surface area (Å²) in [6.45, 7) is 2.21. The molecule has 0 spiro atoms. The third-order valence-corrected chi connectivity index (χ3v) is 5.66. The van der Waals surface area contributed by atoms with Crippen molar-refractivity contribution in [2.45, 2.75) is 19.0 Å². The molecule has 1 aliphatic heterocycles. The van der Waals surface area contributed by atoms with Gasteiger partial charge < -0.3 is 20.3 Å². The van der Waals surface area contributed by atoms with Crippen LogP contribution in [0.15, 0.2) is 41.3 Å². The highest BCUT2D eigenvalue weighted by Gasteiger charge is 2.36. The van der Waals surface area contributed by atoms with Gasteiger partial charge in [0.05, 0.1) is 21.6 Å². The fourth-order valence-electron chi connectivity index (χ4n) is 3.56. The molecular formula is C20H16ClF2N3O3. The Labute approximate surface area is 168 Å². The largest absolute Gasteiger partial charge is 0.477 e. The zero-order valence-corrected chi connectivity index (χ0v) is 16.0. The fourth-order valence-corrected chi connectivity index (χ4v) is 3.95. The van der Waals surface area contributed by atoms with E-state index in [1.54, 1.807) is 4.90 Å². The van der Waals surface area contributed by atoms with Crippen LogP contribution in [0.3, 0.4) is 0 Å². The van der Waals surface area contributed by atoms with Gasteiger partial charge in [-0.2, -0.15) is 0 Å². The lowest BCUT2D eigenvalue weighted by molar-refractivity contribution is 0.0695. The summed E-state index contributed by atoms with van der Waals surface area (Å²) < 4.78 is 29.7. The predicted octanol–water partition coefficient (Wildman–Crippen LogP) is 3.16. The van der Waals surface area contributed by atoms with Crippen molar-refractivity contribution in [2.75, 3.05) is 11.4 Å². The van der Waals surface area contributed by atoms with Gasteiger partial charge in [0.2, 0.25) is 5.43 Å². The number of anilines is 1. The van der Waals surface area contributed by atoms with Gasteiger partial charge in [-0.1, -0.05) is 11.6 Å². The van der Waals surface area contributed by atoms with Crippen LogP contribution in [-0.4, -0.2) is 34.3 Å². The number of benzene rings is 2. The monoisotopic (exact) mass is 419 g/mol. The van der Waals surface area contributed by atoms with Crippen molar-refractivity contribution in [2.24, 2.45) is 5.73 Å². The van der Waals surface area contributed by atoms with Crippen LogP contribution in [0.5, 0.6) is 0 Å². The Morgan fingerprint density at radius 2 is 1.93 bits per heavy atom. The molecule has 2 aromatic carbocycles. The molecule has 2 heterocycles. The number of pyridine rings is 1. The summed E-state index contributed by atoms with van der Waals surface area (Å²) in [6, 6.07) is 5.88. The Morgan fingerprint density at radius 3 is 2.48 bits per heavy atom. The van der Waals surface area contributed by atoms with Gasteiger partial charge in [-0.3, -0.25) is 4.79 Å². The number of aromatic nitrogens is 1. The van der Waals surface area contributed by atoms with Gasteiger partial charge in [-0.25, -0.2) is 13.6 Å². The van der Waals surface area contributed by atoms with Gasteiger partial charge >= 0.3 is 5.97 Å². The molecule has 29 heavy (non-hydrogen) atoms. The van der Waals surface area contributed by atoms with Crippen LogP contribution < -0.4 is 16.1 Å². The van der Waals surface area contributed by atoms with Crippen molar-refractivity contribution >= 4 is 34.2 Å². The molecule has 3 N–H and O–H groups in total. The average Bonchev–Trinajstić information content (AvgIpc) is 2.68. The van der Waals surface area contributed by atoms with Gasteiger partial charge in [0.15, 0.2) is 0 Å². The molecule has 1 saturated heterocycles. The maximum Gasteiger partial charge on any atom is 0.341 e. The SMILES string of the molecule is C[C@H]1[C@H](N)CN1c1c(F)cc2c(=O)c(C(=O)O)cn(-c3ccc(F)cc3)c2c1Cl. The van der Waals surface area contributed by atoms with Crippen molar-refractivity contribution in [3.8, 4) is 5.69 Å². The zero-order valence-electron chi connectivity index (χ0n) is 15.2. The molecule has 0 bridgehead atoms. The molecule has 6 nitrogen and oxygen atoms in total. The van der Waals surface area contributed by atoms with E-state index in [1.807, 2.05) is 6.92 Å². The molecule has 1 aromatic heterocycles. The van der Waals surface area contributed by atoms with Crippen molar-refractivity contribution in [1.82, 2.24) is 4.57 Å². The Balaban J connectivity index is 2.09. The second kappa shape index (κ2) is 6.82. The highest BCUT2D eigenvalue weighted by Crippen LogP contribution is 2.39. The van der Waals surface area contributed by atoms with E-state index in [0.29, 0.717) is 12.2 Å². The molecular weight excluding hydrogens is 404 g/mol. The summed E-state index contributed by atoms with van der Waals surface area (Å²) in [4.78, 5) is 25.9. The van der Waals surface area contributed by atoms with E-state index < -0.39 is 28.6 Å². The number of halogens is 3. The van der Waals surface area contributed by atoms with E-state index in [0.717, 1.165) is 12.3 Å². The lowest BCUT2D eigenvalue weighted by Gasteiger charge is -2.46. The lowest BCUT2D eigenvalue weighted by atomic mass is 9.97. The minimum atomic E-state index is -1.46. The Kier molecular flexibility index (Phi) is 4.55.